The maximum atomic E-state index is 12.1. The second-order valence-electron chi connectivity index (χ2n) is 8.04. The second kappa shape index (κ2) is 7.39. The van der Waals surface area contributed by atoms with E-state index in [1.54, 1.807) is 17.8 Å². The van der Waals surface area contributed by atoms with Crippen LogP contribution < -0.4 is 5.63 Å². The van der Waals surface area contributed by atoms with Crippen LogP contribution in [0.5, 0.6) is 0 Å². The van der Waals surface area contributed by atoms with Gasteiger partial charge in [0.2, 0.25) is 0 Å². The summed E-state index contributed by atoms with van der Waals surface area (Å²) >= 11 is 1.68. The van der Waals surface area contributed by atoms with Gasteiger partial charge >= 0.3 is 5.63 Å². The zero-order valence-corrected chi connectivity index (χ0v) is 17.1. The lowest BCUT2D eigenvalue weighted by atomic mass is 9.95. The zero-order valence-electron chi connectivity index (χ0n) is 16.2. The predicted molar refractivity (Wildman–Crippen MR) is 111 cm³/mol. The van der Waals surface area contributed by atoms with Crippen molar-refractivity contribution in [2.24, 2.45) is 0 Å². The fourth-order valence-electron chi connectivity index (χ4n) is 4.76. The SMILES string of the molecule is Cc1nnc(SCc2cc(=O)oc3cc4c(cc23)CCC4)n1C1CCCCC1. The number of fused-ring (bicyclic) bond motifs is 2. The molecule has 0 amide bonds. The number of aryl methyl sites for hydroxylation is 3. The molecule has 28 heavy (non-hydrogen) atoms. The fourth-order valence-corrected chi connectivity index (χ4v) is 5.81. The minimum absolute atomic E-state index is 0.272. The number of thioether (sulfide) groups is 1. The lowest BCUT2D eigenvalue weighted by Gasteiger charge is -2.25. The van der Waals surface area contributed by atoms with Crippen LogP contribution in [-0.4, -0.2) is 14.8 Å². The standard InChI is InChI=1S/C22H25N3O2S/c1-14-23-24-22(25(14)18-8-3-2-4-9-18)28-13-17-12-21(26)27-20-11-16-7-5-6-15(16)10-19(17)20/h10-12,18H,2-9,13H2,1H3. The van der Waals surface area contributed by atoms with Gasteiger partial charge in [0, 0.05) is 23.2 Å². The summed E-state index contributed by atoms with van der Waals surface area (Å²) in [5.74, 6) is 1.69. The van der Waals surface area contributed by atoms with Crippen molar-refractivity contribution >= 4 is 22.7 Å². The minimum Gasteiger partial charge on any atom is -0.423 e. The number of hydrogen-bond acceptors (Lipinski definition) is 5. The molecule has 0 radical (unpaired) electrons. The lowest BCUT2D eigenvalue weighted by molar-refractivity contribution is 0.332. The highest BCUT2D eigenvalue weighted by Crippen LogP contribution is 2.35. The normalized spacial score (nSPS) is 17.3. The number of rotatable bonds is 4. The van der Waals surface area contributed by atoms with E-state index >= 15 is 0 Å². The van der Waals surface area contributed by atoms with Gasteiger partial charge in [-0.1, -0.05) is 31.0 Å². The molecule has 0 aliphatic heterocycles. The average Bonchev–Trinajstić information content (AvgIpc) is 3.31. The molecule has 2 aliphatic carbocycles. The largest absolute Gasteiger partial charge is 0.423 e. The molecular formula is C22H25N3O2S. The molecule has 2 aromatic heterocycles. The van der Waals surface area contributed by atoms with Crippen LogP contribution in [0.15, 0.2) is 32.6 Å². The van der Waals surface area contributed by atoms with Gasteiger partial charge in [-0.05, 0) is 67.9 Å². The third kappa shape index (κ3) is 3.28. The van der Waals surface area contributed by atoms with Crippen molar-refractivity contribution in [3.63, 3.8) is 0 Å². The molecular weight excluding hydrogens is 370 g/mol. The van der Waals surface area contributed by atoms with E-state index < -0.39 is 0 Å². The van der Waals surface area contributed by atoms with E-state index in [-0.39, 0.29) is 5.63 Å². The molecule has 0 bridgehead atoms. The number of benzene rings is 1. The van der Waals surface area contributed by atoms with E-state index in [4.69, 9.17) is 4.42 Å². The van der Waals surface area contributed by atoms with Crippen molar-refractivity contribution in [3.8, 4) is 0 Å². The van der Waals surface area contributed by atoms with Crippen LogP contribution in [0.25, 0.3) is 11.0 Å². The molecule has 0 atom stereocenters. The highest BCUT2D eigenvalue weighted by atomic mass is 32.2. The summed E-state index contributed by atoms with van der Waals surface area (Å²) in [4.78, 5) is 12.1. The average molecular weight is 396 g/mol. The molecule has 1 aromatic carbocycles. The molecule has 2 heterocycles. The third-order valence-corrected chi connectivity index (χ3v) is 7.17. The molecule has 0 unspecified atom stereocenters. The molecule has 0 N–H and O–H groups in total. The van der Waals surface area contributed by atoms with Gasteiger partial charge in [0.1, 0.15) is 11.4 Å². The summed E-state index contributed by atoms with van der Waals surface area (Å²) < 4.78 is 7.82. The van der Waals surface area contributed by atoms with E-state index in [1.807, 2.05) is 6.92 Å². The number of nitrogens with zero attached hydrogens (tertiary/aromatic N) is 3. The Morgan fingerprint density at radius 1 is 1.07 bits per heavy atom. The Morgan fingerprint density at radius 3 is 2.68 bits per heavy atom. The fraction of sp³-hybridized carbons (Fsp3) is 0.500. The predicted octanol–water partition coefficient (Wildman–Crippen LogP) is 4.98. The first-order valence-electron chi connectivity index (χ1n) is 10.3. The van der Waals surface area contributed by atoms with Crippen LogP contribution >= 0.6 is 11.8 Å². The van der Waals surface area contributed by atoms with Crippen molar-refractivity contribution in [2.45, 2.75) is 75.2 Å². The summed E-state index contributed by atoms with van der Waals surface area (Å²) in [5.41, 5.74) is 4.20. The van der Waals surface area contributed by atoms with Gasteiger partial charge < -0.3 is 8.98 Å². The van der Waals surface area contributed by atoms with Crippen molar-refractivity contribution in [1.29, 1.82) is 0 Å². The Balaban J connectivity index is 1.46. The summed E-state index contributed by atoms with van der Waals surface area (Å²) in [6, 6.07) is 6.45. The zero-order chi connectivity index (χ0) is 19.1. The van der Waals surface area contributed by atoms with E-state index in [0.29, 0.717) is 17.4 Å². The van der Waals surface area contributed by atoms with Gasteiger partial charge in [0.05, 0.1) is 0 Å². The first-order valence-corrected chi connectivity index (χ1v) is 11.3. The molecule has 1 saturated carbocycles. The molecule has 0 spiro atoms. The van der Waals surface area contributed by atoms with Gasteiger partial charge in [-0.15, -0.1) is 10.2 Å². The van der Waals surface area contributed by atoms with E-state index in [9.17, 15) is 4.79 Å². The molecule has 2 aliphatic rings. The van der Waals surface area contributed by atoms with Crippen LogP contribution in [-0.2, 0) is 18.6 Å². The molecule has 1 fully saturated rings. The molecule has 6 heteroatoms. The molecule has 5 rings (SSSR count). The summed E-state index contributed by atoms with van der Waals surface area (Å²) in [6.07, 6.45) is 9.68. The van der Waals surface area contributed by atoms with Crippen LogP contribution in [0.3, 0.4) is 0 Å². The summed E-state index contributed by atoms with van der Waals surface area (Å²) in [5, 5.41) is 10.8. The van der Waals surface area contributed by atoms with Crippen molar-refractivity contribution < 1.29 is 4.42 Å². The van der Waals surface area contributed by atoms with Crippen molar-refractivity contribution in [2.75, 3.05) is 0 Å². The third-order valence-electron chi connectivity index (χ3n) is 6.17. The maximum Gasteiger partial charge on any atom is 0.336 e. The molecule has 146 valence electrons. The summed E-state index contributed by atoms with van der Waals surface area (Å²) in [7, 11) is 0. The van der Waals surface area contributed by atoms with Crippen LogP contribution in [0.4, 0.5) is 0 Å². The smallest absolute Gasteiger partial charge is 0.336 e. The van der Waals surface area contributed by atoms with Gasteiger partial charge in [-0.2, -0.15) is 0 Å². The van der Waals surface area contributed by atoms with Crippen molar-refractivity contribution in [1.82, 2.24) is 14.8 Å². The monoisotopic (exact) mass is 395 g/mol. The Labute approximate surface area is 168 Å². The maximum absolute atomic E-state index is 12.1. The van der Waals surface area contributed by atoms with Crippen LogP contribution in [0.1, 0.15) is 67.1 Å². The Kier molecular flexibility index (Phi) is 4.75. The van der Waals surface area contributed by atoms with E-state index in [0.717, 1.165) is 34.8 Å². The van der Waals surface area contributed by atoms with Gasteiger partial charge in [0.25, 0.3) is 0 Å². The van der Waals surface area contributed by atoms with Gasteiger partial charge in [-0.3, -0.25) is 0 Å². The lowest BCUT2D eigenvalue weighted by Crippen LogP contribution is -2.15. The minimum atomic E-state index is -0.272. The molecule has 5 nitrogen and oxygen atoms in total. The van der Waals surface area contributed by atoms with E-state index in [1.165, 1.54) is 49.7 Å². The summed E-state index contributed by atoms with van der Waals surface area (Å²) in [6.45, 7) is 2.04. The second-order valence-corrected chi connectivity index (χ2v) is 8.98. The highest BCUT2D eigenvalue weighted by molar-refractivity contribution is 7.98. The number of hydrogen-bond donors (Lipinski definition) is 0. The Bertz CT molecular complexity index is 1080. The van der Waals surface area contributed by atoms with Crippen LogP contribution in [0, 0.1) is 6.92 Å². The van der Waals surface area contributed by atoms with Crippen LogP contribution in [0.2, 0.25) is 0 Å². The topological polar surface area (TPSA) is 60.9 Å². The Morgan fingerprint density at radius 2 is 1.86 bits per heavy atom. The molecule has 0 saturated heterocycles. The Hall–Kier alpha value is -2.08. The molecule has 3 aromatic rings. The first-order chi connectivity index (χ1) is 13.7. The van der Waals surface area contributed by atoms with Gasteiger partial charge in [0.15, 0.2) is 5.16 Å². The quantitative estimate of drug-likeness (QED) is 0.461. The first kappa shape index (κ1) is 18.0. The van der Waals surface area contributed by atoms with E-state index in [2.05, 4.69) is 26.9 Å². The van der Waals surface area contributed by atoms with Gasteiger partial charge in [-0.25, -0.2) is 4.79 Å². The number of aromatic nitrogens is 3. The van der Waals surface area contributed by atoms with Crippen molar-refractivity contribution in [3.05, 3.63) is 51.1 Å². The highest BCUT2D eigenvalue weighted by Gasteiger charge is 2.22.